The normalized spacial score (nSPS) is 12.2. The van der Waals surface area contributed by atoms with E-state index < -0.39 is 0 Å². The number of hydrogen-bond acceptors (Lipinski definition) is 4. The van der Waals surface area contributed by atoms with Crippen molar-refractivity contribution in [3.63, 3.8) is 0 Å². The molecule has 0 atom stereocenters. The van der Waals surface area contributed by atoms with Gasteiger partial charge in [0, 0.05) is 30.8 Å². The largest absolute Gasteiger partial charge is 0.454 e. The second kappa shape index (κ2) is 7.15. The molecule has 2 N–H and O–H groups in total. The van der Waals surface area contributed by atoms with E-state index in [4.69, 9.17) is 9.47 Å². The SMILES string of the molecule is CCNC(=O)c1ccc(CNCc2cccc3c2OCO3)cc1. The molecule has 0 spiro atoms. The summed E-state index contributed by atoms with van der Waals surface area (Å²) in [6.45, 7) is 4.25. The summed E-state index contributed by atoms with van der Waals surface area (Å²) in [6.07, 6.45) is 0. The van der Waals surface area contributed by atoms with Crippen molar-refractivity contribution in [3.05, 3.63) is 59.2 Å². The molecule has 2 aromatic rings. The highest BCUT2D eigenvalue weighted by atomic mass is 16.7. The van der Waals surface area contributed by atoms with E-state index in [9.17, 15) is 4.79 Å². The van der Waals surface area contributed by atoms with Crippen LogP contribution in [0.25, 0.3) is 0 Å². The van der Waals surface area contributed by atoms with Gasteiger partial charge in [-0.15, -0.1) is 0 Å². The lowest BCUT2D eigenvalue weighted by atomic mass is 10.1. The molecular weight excluding hydrogens is 292 g/mol. The number of fused-ring (bicyclic) bond motifs is 1. The molecule has 0 aromatic heterocycles. The monoisotopic (exact) mass is 312 g/mol. The van der Waals surface area contributed by atoms with E-state index in [1.165, 1.54) is 0 Å². The van der Waals surface area contributed by atoms with Crippen molar-refractivity contribution in [2.24, 2.45) is 0 Å². The summed E-state index contributed by atoms with van der Waals surface area (Å²) < 4.78 is 10.9. The predicted octanol–water partition coefficient (Wildman–Crippen LogP) is 2.45. The molecule has 5 heteroatoms. The average Bonchev–Trinajstić information content (AvgIpc) is 3.05. The van der Waals surface area contributed by atoms with Gasteiger partial charge in [0.05, 0.1) is 0 Å². The number of nitrogens with one attached hydrogen (secondary N) is 2. The maximum absolute atomic E-state index is 11.7. The number of rotatable bonds is 6. The molecule has 0 bridgehead atoms. The van der Waals surface area contributed by atoms with Crippen molar-refractivity contribution >= 4 is 5.91 Å². The van der Waals surface area contributed by atoms with Crippen molar-refractivity contribution in [1.29, 1.82) is 0 Å². The molecule has 120 valence electrons. The Kier molecular flexibility index (Phi) is 4.78. The number of carbonyl (C=O) groups is 1. The van der Waals surface area contributed by atoms with Crippen molar-refractivity contribution in [2.45, 2.75) is 20.0 Å². The fraction of sp³-hybridized carbons (Fsp3) is 0.278. The Hall–Kier alpha value is -2.53. The van der Waals surface area contributed by atoms with Gasteiger partial charge in [0.1, 0.15) is 0 Å². The number of carbonyl (C=O) groups excluding carboxylic acids is 1. The van der Waals surface area contributed by atoms with Crippen molar-refractivity contribution in [1.82, 2.24) is 10.6 Å². The Labute approximate surface area is 135 Å². The van der Waals surface area contributed by atoms with Gasteiger partial charge in [0.2, 0.25) is 6.79 Å². The maximum Gasteiger partial charge on any atom is 0.251 e. The molecule has 1 amide bonds. The zero-order valence-corrected chi connectivity index (χ0v) is 13.1. The van der Waals surface area contributed by atoms with Crippen molar-refractivity contribution in [3.8, 4) is 11.5 Å². The van der Waals surface area contributed by atoms with Crippen LogP contribution in [0.15, 0.2) is 42.5 Å². The highest BCUT2D eigenvalue weighted by Crippen LogP contribution is 2.35. The Bertz CT molecular complexity index is 683. The Morgan fingerprint density at radius 2 is 1.91 bits per heavy atom. The van der Waals surface area contributed by atoms with Crippen LogP contribution in [0.4, 0.5) is 0 Å². The van der Waals surface area contributed by atoms with Gasteiger partial charge >= 0.3 is 0 Å². The van der Waals surface area contributed by atoms with Crippen LogP contribution in [0.5, 0.6) is 11.5 Å². The molecule has 0 radical (unpaired) electrons. The van der Waals surface area contributed by atoms with Gasteiger partial charge in [0.25, 0.3) is 5.91 Å². The van der Waals surface area contributed by atoms with E-state index in [-0.39, 0.29) is 12.7 Å². The van der Waals surface area contributed by atoms with Crippen LogP contribution in [0.2, 0.25) is 0 Å². The summed E-state index contributed by atoms with van der Waals surface area (Å²) in [7, 11) is 0. The van der Waals surface area contributed by atoms with E-state index in [0.29, 0.717) is 18.7 Å². The van der Waals surface area contributed by atoms with E-state index in [2.05, 4.69) is 10.6 Å². The smallest absolute Gasteiger partial charge is 0.251 e. The van der Waals surface area contributed by atoms with Gasteiger partial charge in [-0.3, -0.25) is 4.79 Å². The second-order valence-electron chi connectivity index (χ2n) is 5.31. The molecule has 0 aliphatic carbocycles. The van der Waals surface area contributed by atoms with Crippen LogP contribution in [0.1, 0.15) is 28.4 Å². The summed E-state index contributed by atoms with van der Waals surface area (Å²) in [5, 5.41) is 6.17. The molecule has 0 unspecified atom stereocenters. The van der Waals surface area contributed by atoms with Gasteiger partial charge < -0.3 is 20.1 Å². The predicted molar refractivity (Wildman–Crippen MR) is 87.6 cm³/mol. The molecule has 0 fully saturated rings. The highest BCUT2D eigenvalue weighted by molar-refractivity contribution is 5.94. The zero-order valence-electron chi connectivity index (χ0n) is 13.1. The molecule has 1 aliphatic rings. The van der Waals surface area contributed by atoms with E-state index in [1.54, 1.807) is 0 Å². The number of para-hydroxylation sites is 1. The topological polar surface area (TPSA) is 59.6 Å². The van der Waals surface area contributed by atoms with E-state index in [0.717, 1.165) is 29.2 Å². The molecule has 0 saturated heterocycles. The quantitative estimate of drug-likeness (QED) is 0.860. The first kappa shape index (κ1) is 15.4. The molecule has 3 rings (SSSR count). The van der Waals surface area contributed by atoms with Crippen LogP contribution >= 0.6 is 0 Å². The molecule has 0 saturated carbocycles. The molecule has 1 aliphatic heterocycles. The van der Waals surface area contributed by atoms with Crippen molar-refractivity contribution < 1.29 is 14.3 Å². The van der Waals surface area contributed by atoms with Gasteiger partial charge in [-0.2, -0.15) is 0 Å². The van der Waals surface area contributed by atoms with Gasteiger partial charge in [-0.1, -0.05) is 24.3 Å². The summed E-state index contributed by atoms with van der Waals surface area (Å²) >= 11 is 0. The molecule has 23 heavy (non-hydrogen) atoms. The fourth-order valence-electron chi connectivity index (χ4n) is 2.51. The van der Waals surface area contributed by atoms with E-state index >= 15 is 0 Å². The van der Waals surface area contributed by atoms with Crippen LogP contribution in [0.3, 0.4) is 0 Å². The zero-order chi connectivity index (χ0) is 16.1. The lowest BCUT2D eigenvalue weighted by molar-refractivity contribution is 0.0956. The third-order valence-corrected chi connectivity index (χ3v) is 3.68. The van der Waals surface area contributed by atoms with Gasteiger partial charge in [-0.05, 0) is 30.7 Å². The van der Waals surface area contributed by atoms with Crippen LogP contribution in [-0.4, -0.2) is 19.2 Å². The lowest BCUT2D eigenvalue weighted by Gasteiger charge is -2.08. The number of ether oxygens (including phenoxy) is 2. The van der Waals surface area contributed by atoms with Gasteiger partial charge in [-0.25, -0.2) is 0 Å². The minimum absolute atomic E-state index is 0.0380. The molecule has 5 nitrogen and oxygen atoms in total. The average molecular weight is 312 g/mol. The van der Waals surface area contributed by atoms with Crippen LogP contribution < -0.4 is 20.1 Å². The fourth-order valence-corrected chi connectivity index (χ4v) is 2.51. The minimum atomic E-state index is -0.0380. The first-order valence-electron chi connectivity index (χ1n) is 7.73. The second-order valence-corrected chi connectivity index (χ2v) is 5.31. The third kappa shape index (κ3) is 3.63. The Balaban J connectivity index is 1.55. The lowest BCUT2D eigenvalue weighted by Crippen LogP contribution is -2.22. The van der Waals surface area contributed by atoms with Gasteiger partial charge in [0.15, 0.2) is 11.5 Å². The first-order chi connectivity index (χ1) is 11.3. The number of amides is 1. The molecule has 1 heterocycles. The Morgan fingerprint density at radius 1 is 1.09 bits per heavy atom. The maximum atomic E-state index is 11.7. The van der Waals surface area contributed by atoms with Crippen molar-refractivity contribution in [2.75, 3.05) is 13.3 Å². The first-order valence-corrected chi connectivity index (χ1v) is 7.73. The standard InChI is InChI=1S/C18H20N2O3/c1-2-20-18(21)14-8-6-13(7-9-14)10-19-11-15-4-3-5-16-17(15)23-12-22-16/h3-9,19H,2,10-12H2,1H3,(H,20,21). The molecule has 2 aromatic carbocycles. The Morgan fingerprint density at radius 3 is 2.70 bits per heavy atom. The summed E-state index contributed by atoms with van der Waals surface area (Å²) in [6, 6.07) is 13.5. The van der Waals surface area contributed by atoms with E-state index in [1.807, 2.05) is 49.4 Å². The molecular formula is C18H20N2O3. The van der Waals surface area contributed by atoms with Crippen LogP contribution in [-0.2, 0) is 13.1 Å². The van der Waals surface area contributed by atoms with Crippen LogP contribution in [0, 0.1) is 0 Å². The highest BCUT2D eigenvalue weighted by Gasteiger charge is 2.16. The third-order valence-electron chi connectivity index (χ3n) is 3.68. The summed E-state index contributed by atoms with van der Waals surface area (Å²) in [5.74, 6) is 1.59. The summed E-state index contributed by atoms with van der Waals surface area (Å²) in [4.78, 5) is 11.7. The minimum Gasteiger partial charge on any atom is -0.454 e. The number of benzene rings is 2. The summed E-state index contributed by atoms with van der Waals surface area (Å²) in [5.41, 5.74) is 2.89. The number of hydrogen-bond donors (Lipinski definition) is 2.